The van der Waals surface area contributed by atoms with Gasteiger partial charge in [0.25, 0.3) is 0 Å². The number of ether oxygens (including phenoxy) is 1. The molecular formula is C18H18Cl2N2O2. The number of carbonyl (C=O) groups is 1. The van der Waals surface area contributed by atoms with Gasteiger partial charge in [-0.05, 0) is 42.7 Å². The fourth-order valence-electron chi connectivity index (χ4n) is 2.10. The van der Waals surface area contributed by atoms with E-state index in [-0.39, 0.29) is 5.91 Å². The predicted octanol–water partition coefficient (Wildman–Crippen LogP) is 4.48. The molecule has 0 saturated heterocycles. The van der Waals surface area contributed by atoms with Crippen LogP contribution in [0.1, 0.15) is 24.0 Å². The van der Waals surface area contributed by atoms with Gasteiger partial charge in [0.15, 0.2) is 0 Å². The second-order valence-electron chi connectivity index (χ2n) is 5.13. The molecule has 0 aromatic heterocycles. The summed E-state index contributed by atoms with van der Waals surface area (Å²) in [5.41, 5.74) is 4.23. The summed E-state index contributed by atoms with van der Waals surface area (Å²) in [6, 6.07) is 13.0. The number of benzene rings is 2. The monoisotopic (exact) mass is 364 g/mol. The van der Waals surface area contributed by atoms with Gasteiger partial charge in [-0.3, -0.25) is 4.79 Å². The number of nitrogens with zero attached hydrogens (tertiary/aromatic N) is 1. The SMILES string of the molecule is COc1ccc(CCCC(=O)N/N=C/c2c(Cl)cccc2Cl)cc1. The third-order valence-electron chi connectivity index (χ3n) is 3.41. The Balaban J connectivity index is 1.76. The highest BCUT2D eigenvalue weighted by Crippen LogP contribution is 2.22. The number of hydrogen-bond acceptors (Lipinski definition) is 3. The van der Waals surface area contributed by atoms with Crippen LogP contribution in [-0.4, -0.2) is 19.2 Å². The topological polar surface area (TPSA) is 50.7 Å². The highest BCUT2D eigenvalue weighted by molar-refractivity contribution is 6.38. The van der Waals surface area contributed by atoms with E-state index in [2.05, 4.69) is 10.5 Å². The molecule has 24 heavy (non-hydrogen) atoms. The third-order valence-corrected chi connectivity index (χ3v) is 4.07. The van der Waals surface area contributed by atoms with Crippen molar-refractivity contribution in [2.75, 3.05) is 7.11 Å². The van der Waals surface area contributed by atoms with Gasteiger partial charge in [0.2, 0.25) is 5.91 Å². The summed E-state index contributed by atoms with van der Waals surface area (Å²) in [5, 5.41) is 4.87. The minimum atomic E-state index is -0.150. The van der Waals surface area contributed by atoms with Gasteiger partial charge in [-0.2, -0.15) is 5.10 Å². The molecule has 0 saturated carbocycles. The van der Waals surface area contributed by atoms with E-state index in [1.165, 1.54) is 6.21 Å². The Labute approximate surface area is 151 Å². The first-order valence-electron chi connectivity index (χ1n) is 7.49. The Morgan fingerprint density at radius 2 is 1.83 bits per heavy atom. The highest BCUT2D eigenvalue weighted by Gasteiger charge is 2.03. The van der Waals surface area contributed by atoms with Crippen LogP contribution in [0.3, 0.4) is 0 Å². The molecule has 0 aliphatic rings. The van der Waals surface area contributed by atoms with E-state index < -0.39 is 0 Å². The van der Waals surface area contributed by atoms with Crippen LogP contribution in [0.15, 0.2) is 47.6 Å². The van der Waals surface area contributed by atoms with Crippen LogP contribution < -0.4 is 10.2 Å². The molecule has 6 heteroatoms. The molecule has 0 bridgehead atoms. The molecule has 2 aromatic rings. The Hall–Kier alpha value is -2.04. The minimum absolute atomic E-state index is 0.150. The number of hydrogen-bond donors (Lipinski definition) is 1. The summed E-state index contributed by atoms with van der Waals surface area (Å²) < 4.78 is 5.11. The molecular weight excluding hydrogens is 347 g/mol. The lowest BCUT2D eigenvalue weighted by Gasteiger charge is -2.04. The number of aryl methyl sites for hydroxylation is 1. The van der Waals surface area contributed by atoms with E-state index in [0.717, 1.165) is 24.2 Å². The molecule has 1 amide bonds. The van der Waals surface area contributed by atoms with Crippen LogP contribution in [0, 0.1) is 0 Å². The molecule has 0 aliphatic heterocycles. The quantitative estimate of drug-likeness (QED) is 0.581. The molecule has 2 aromatic carbocycles. The zero-order valence-corrected chi connectivity index (χ0v) is 14.8. The molecule has 0 aliphatic carbocycles. The van der Waals surface area contributed by atoms with Gasteiger partial charge in [-0.1, -0.05) is 41.4 Å². The van der Waals surface area contributed by atoms with E-state index in [1.54, 1.807) is 25.3 Å². The van der Waals surface area contributed by atoms with Crippen molar-refractivity contribution in [2.45, 2.75) is 19.3 Å². The van der Waals surface area contributed by atoms with Gasteiger partial charge in [-0.25, -0.2) is 5.43 Å². The molecule has 0 fully saturated rings. The second kappa shape index (κ2) is 9.30. The van der Waals surface area contributed by atoms with Crippen molar-refractivity contribution in [3.05, 3.63) is 63.6 Å². The minimum Gasteiger partial charge on any atom is -0.497 e. The van der Waals surface area contributed by atoms with Crippen molar-refractivity contribution >= 4 is 35.3 Å². The van der Waals surface area contributed by atoms with Crippen molar-refractivity contribution in [1.82, 2.24) is 5.43 Å². The zero-order chi connectivity index (χ0) is 17.4. The van der Waals surface area contributed by atoms with Crippen LogP contribution in [0.4, 0.5) is 0 Å². The molecule has 0 radical (unpaired) electrons. The van der Waals surface area contributed by atoms with Crippen LogP contribution in [0.5, 0.6) is 5.75 Å². The van der Waals surface area contributed by atoms with Gasteiger partial charge < -0.3 is 4.74 Å². The number of nitrogens with one attached hydrogen (secondary N) is 1. The molecule has 126 valence electrons. The van der Waals surface area contributed by atoms with Gasteiger partial charge in [0.05, 0.1) is 23.4 Å². The normalized spacial score (nSPS) is 10.8. The number of halogens is 2. The van der Waals surface area contributed by atoms with E-state index in [4.69, 9.17) is 27.9 Å². The zero-order valence-electron chi connectivity index (χ0n) is 13.3. The third kappa shape index (κ3) is 5.55. The molecule has 0 unspecified atom stereocenters. The fourth-order valence-corrected chi connectivity index (χ4v) is 2.60. The van der Waals surface area contributed by atoms with Gasteiger partial charge in [0.1, 0.15) is 5.75 Å². The summed E-state index contributed by atoms with van der Waals surface area (Å²) in [7, 11) is 1.63. The highest BCUT2D eigenvalue weighted by atomic mass is 35.5. The van der Waals surface area contributed by atoms with Crippen molar-refractivity contribution < 1.29 is 9.53 Å². The molecule has 0 spiro atoms. The number of rotatable bonds is 7. The molecule has 0 heterocycles. The average molecular weight is 365 g/mol. The number of carbonyl (C=O) groups excluding carboxylic acids is 1. The average Bonchev–Trinajstić information content (AvgIpc) is 2.58. The van der Waals surface area contributed by atoms with Gasteiger partial charge in [0, 0.05) is 12.0 Å². The largest absolute Gasteiger partial charge is 0.497 e. The summed E-state index contributed by atoms with van der Waals surface area (Å²) in [6.07, 6.45) is 3.39. The standard InChI is InChI=1S/C18H18Cl2N2O2/c1-24-14-10-8-13(9-11-14)4-2-7-18(23)22-21-12-15-16(19)5-3-6-17(15)20/h3,5-6,8-12H,2,4,7H2,1H3,(H,22,23)/b21-12+. The first kappa shape index (κ1) is 18.3. The second-order valence-corrected chi connectivity index (χ2v) is 5.94. The van der Waals surface area contributed by atoms with Gasteiger partial charge in [-0.15, -0.1) is 0 Å². The Bertz CT molecular complexity index is 695. The van der Waals surface area contributed by atoms with Crippen LogP contribution in [0.2, 0.25) is 10.0 Å². The maximum absolute atomic E-state index is 11.8. The number of amides is 1. The molecule has 4 nitrogen and oxygen atoms in total. The smallest absolute Gasteiger partial charge is 0.240 e. The Kier molecular flexibility index (Phi) is 7.09. The fraction of sp³-hybridized carbons (Fsp3) is 0.222. The maximum atomic E-state index is 11.8. The lowest BCUT2D eigenvalue weighted by molar-refractivity contribution is -0.121. The van der Waals surface area contributed by atoms with E-state index in [9.17, 15) is 4.79 Å². The van der Waals surface area contributed by atoms with E-state index >= 15 is 0 Å². The Morgan fingerprint density at radius 3 is 2.46 bits per heavy atom. The predicted molar refractivity (Wildman–Crippen MR) is 98.1 cm³/mol. The van der Waals surface area contributed by atoms with E-state index in [1.807, 2.05) is 24.3 Å². The van der Waals surface area contributed by atoms with Crippen molar-refractivity contribution in [2.24, 2.45) is 5.10 Å². The van der Waals surface area contributed by atoms with Crippen molar-refractivity contribution in [1.29, 1.82) is 0 Å². The lowest BCUT2D eigenvalue weighted by Crippen LogP contribution is -2.17. The van der Waals surface area contributed by atoms with Gasteiger partial charge >= 0.3 is 0 Å². The summed E-state index contributed by atoms with van der Waals surface area (Å²) in [5.74, 6) is 0.673. The summed E-state index contributed by atoms with van der Waals surface area (Å²) in [6.45, 7) is 0. The van der Waals surface area contributed by atoms with E-state index in [0.29, 0.717) is 22.0 Å². The first-order chi connectivity index (χ1) is 11.6. The van der Waals surface area contributed by atoms with Crippen LogP contribution in [-0.2, 0) is 11.2 Å². The summed E-state index contributed by atoms with van der Waals surface area (Å²) in [4.78, 5) is 11.8. The molecule has 2 rings (SSSR count). The van der Waals surface area contributed by atoms with Crippen LogP contribution in [0.25, 0.3) is 0 Å². The lowest BCUT2D eigenvalue weighted by atomic mass is 10.1. The van der Waals surface area contributed by atoms with Crippen LogP contribution >= 0.6 is 23.2 Å². The first-order valence-corrected chi connectivity index (χ1v) is 8.24. The molecule has 1 N–H and O–H groups in total. The van der Waals surface area contributed by atoms with Crippen molar-refractivity contribution in [3.8, 4) is 5.75 Å². The number of methoxy groups -OCH3 is 1. The molecule has 0 atom stereocenters. The number of hydrazone groups is 1. The maximum Gasteiger partial charge on any atom is 0.240 e. The van der Waals surface area contributed by atoms with Crippen molar-refractivity contribution in [3.63, 3.8) is 0 Å². The Morgan fingerprint density at radius 1 is 1.17 bits per heavy atom. The summed E-state index contributed by atoms with van der Waals surface area (Å²) >= 11 is 12.0.